The Kier molecular flexibility index (Phi) is 8.76. The van der Waals surface area contributed by atoms with Gasteiger partial charge in [0.1, 0.15) is 0 Å². The van der Waals surface area contributed by atoms with Crippen molar-refractivity contribution in [3.8, 4) is 11.1 Å². The van der Waals surface area contributed by atoms with Crippen LogP contribution < -0.4 is 31.8 Å². The maximum atomic E-state index is 2.48. The molecule has 0 amide bonds. The average Bonchev–Trinajstić information content (AvgIpc) is 3.15. The Morgan fingerprint density at radius 3 is 0.978 bits per heavy atom. The number of hydrogen-bond donors (Lipinski definition) is 0. The third kappa shape index (κ3) is 5.76. The molecule has 0 spiro atoms. The van der Waals surface area contributed by atoms with Gasteiger partial charge in [0, 0.05) is 0 Å². The van der Waals surface area contributed by atoms with E-state index < -0.39 is 14.5 Å². The van der Waals surface area contributed by atoms with Crippen LogP contribution in [0.15, 0.2) is 200 Å². The molecule has 0 bridgehead atoms. The van der Waals surface area contributed by atoms with Gasteiger partial charge in [-0.2, -0.15) is 0 Å². The molecule has 7 rings (SSSR count). The molecule has 0 N–H and O–H groups in total. The van der Waals surface area contributed by atoms with E-state index in [0.29, 0.717) is 0 Å². The molecule has 0 radical (unpaired) electrons. The van der Waals surface area contributed by atoms with Gasteiger partial charge in [-0.3, -0.25) is 0 Å². The van der Waals surface area contributed by atoms with Gasteiger partial charge in [-0.15, -0.1) is 0 Å². The number of rotatable bonds is 9. The van der Waals surface area contributed by atoms with Crippen molar-refractivity contribution in [3.63, 3.8) is 0 Å². The van der Waals surface area contributed by atoms with Gasteiger partial charge in [0.15, 0.2) is 0 Å². The standard InChI is InChI=1S/C44H40P2/c1-45(39-19-9-3-10-20-39,40-21-11-4-12-22-40)41-31-27-37(28-32-41)38-29-33-44(34-30-38)46(42-23-13-5-14-24-42,43-25-15-6-16-26-43)35-36-17-7-2-8-18-36/h2-34,45-46H,35H2,1H3. The zero-order valence-electron chi connectivity index (χ0n) is 26.3. The first-order chi connectivity index (χ1) is 22.7. The zero-order chi connectivity index (χ0) is 31.2. The van der Waals surface area contributed by atoms with E-state index in [-0.39, 0.29) is 0 Å². The van der Waals surface area contributed by atoms with Crippen molar-refractivity contribution in [1.29, 1.82) is 0 Å². The first-order valence-electron chi connectivity index (χ1n) is 16.2. The molecule has 0 fully saturated rings. The molecule has 0 nitrogen and oxygen atoms in total. The van der Waals surface area contributed by atoms with Crippen LogP contribution in [0.1, 0.15) is 5.56 Å². The molecule has 0 heterocycles. The van der Waals surface area contributed by atoms with Gasteiger partial charge in [0.25, 0.3) is 0 Å². The Morgan fingerprint density at radius 2 is 0.587 bits per heavy atom. The van der Waals surface area contributed by atoms with Crippen molar-refractivity contribution in [2.24, 2.45) is 0 Å². The average molecular weight is 631 g/mol. The first kappa shape index (κ1) is 30.1. The van der Waals surface area contributed by atoms with Crippen molar-refractivity contribution >= 4 is 46.4 Å². The normalized spacial score (nSPS) is 12.4. The molecule has 0 aliphatic carbocycles. The van der Waals surface area contributed by atoms with Gasteiger partial charge >= 0.3 is 276 Å². The predicted octanol–water partition coefficient (Wildman–Crippen LogP) is 8.24. The van der Waals surface area contributed by atoms with Crippen LogP contribution in [-0.2, 0) is 6.16 Å². The van der Waals surface area contributed by atoms with Crippen LogP contribution >= 0.6 is 14.5 Å². The molecule has 7 aromatic rings. The third-order valence-electron chi connectivity index (χ3n) is 9.72. The van der Waals surface area contributed by atoms with E-state index >= 15 is 0 Å². The zero-order valence-corrected chi connectivity index (χ0v) is 28.3. The van der Waals surface area contributed by atoms with Crippen molar-refractivity contribution in [2.45, 2.75) is 6.16 Å². The predicted molar refractivity (Wildman–Crippen MR) is 208 cm³/mol. The summed E-state index contributed by atoms with van der Waals surface area (Å²) in [7, 11) is -4.53. The Labute approximate surface area is 275 Å². The third-order valence-corrected chi connectivity index (χ3v) is 19.1. The number of hydrogen-bond acceptors (Lipinski definition) is 0. The molecular formula is C44H40P2. The minimum atomic E-state index is -2.39. The second-order valence-electron chi connectivity index (χ2n) is 12.3. The molecular weight excluding hydrogens is 590 g/mol. The fourth-order valence-electron chi connectivity index (χ4n) is 7.14. The van der Waals surface area contributed by atoms with Gasteiger partial charge < -0.3 is 0 Å². The van der Waals surface area contributed by atoms with Crippen LogP contribution in [0.25, 0.3) is 11.1 Å². The van der Waals surface area contributed by atoms with Crippen LogP contribution in [0.5, 0.6) is 0 Å². The Morgan fingerprint density at radius 1 is 0.304 bits per heavy atom. The second kappa shape index (κ2) is 13.4. The summed E-state index contributed by atoms with van der Waals surface area (Å²) >= 11 is 0. The van der Waals surface area contributed by atoms with E-state index in [9.17, 15) is 0 Å². The Bertz CT molecular complexity index is 1890. The van der Waals surface area contributed by atoms with Gasteiger partial charge in [-0.25, -0.2) is 0 Å². The van der Waals surface area contributed by atoms with Crippen molar-refractivity contribution in [1.82, 2.24) is 0 Å². The molecule has 0 atom stereocenters. The summed E-state index contributed by atoms with van der Waals surface area (Å²) in [5.74, 6) is 0. The monoisotopic (exact) mass is 630 g/mol. The van der Waals surface area contributed by atoms with E-state index in [1.807, 2.05) is 0 Å². The van der Waals surface area contributed by atoms with Crippen LogP contribution in [0.2, 0.25) is 0 Å². The van der Waals surface area contributed by atoms with E-state index in [0.717, 1.165) is 6.16 Å². The molecule has 0 aliphatic heterocycles. The summed E-state index contributed by atoms with van der Waals surface area (Å²) in [5.41, 5.74) is 3.88. The van der Waals surface area contributed by atoms with Crippen LogP contribution in [0.4, 0.5) is 0 Å². The van der Waals surface area contributed by atoms with Crippen molar-refractivity contribution < 1.29 is 0 Å². The van der Waals surface area contributed by atoms with E-state index in [4.69, 9.17) is 0 Å². The molecule has 0 saturated carbocycles. The Hall–Kier alpha value is -4.60. The minimum absolute atomic E-state index is 1.01. The molecule has 226 valence electrons. The molecule has 0 aromatic heterocycles. The van der Waals surface area contributed by atoms with Gasteiger partial charge in [0.05, 0.1) is 0 Å². The van der Waals surface area contributed by atoms with Gasteiger partial charge in [-0.05, 0) is 0 Å². The summed E-state index contributed by atoms with van der Waals surface area (Å²) in [6, 6.07) is 74.5. The van der Waals surface area contributed by atoms with Crippen LogP contribution in [-0.4, -0.2) is 6.66 Å². The van der Waals surface area contributed by atoms with Crippen molar-refractivity contribution in [2.75, 3.05) is 6.66 Å². The topological polar surface area (TPSA) is 0 Å². The maximum absolute atomic E-state index is 2.48. The summed E-state index contributed by atoms with van der Waals surface area (Å²) in [4.78, 5) is 0. The molecule has 2 heteroatoms. The molecule has 0 unspecified atom stereocenters. The SMILES string of the molecule is C[PH](c1ccccc1)(c1ccccc1)c1ccc(-c2ccc([PH](Cc3ccccc3)(c3ccccc3)c3ccccc3)cc2)cc1. The molecule has 46 heavy (non-hydrogen) atoms. The quantitative estimate of drug-likeness (QED) is 0.141. The van der Waals surface area contributed by atoms with Gasteiger partial charge in [0.2, 0.25) is 0 Å². The van der Waals surface area contributed by atoms with E-state index in [1.54, 1.807) is 0 Å². The van der Waals surface area contributed by atoms with Crippen molar-refractivity contribution in [3.05, 3.63) is 206 Å². The van der Waals surface area contributed by atoms with Gasteiger partial charge in [-0.1, -0.05) is 0 Å². The number of benzene rings is 7. The summed E-state index contributed by atoms with van der Waals surface area (Å²) in [6.07, 6.45) is 1.01. The summed E-state index contributed by atoms with van der Waals surface area (Å²) in [6.45, 7) is 2.48. The molecule has 0 aliphatic rings. The Balaban J connectivity index is 1.29. The van der Waals surface area contributed by atoms with E-state index in [2.05, 4.69) is 207 Å². The second-order valence-corrected chi connectivity index (χ2v) is 20.2. The summed E-state index contributed by atoms with van der Waals surface area (Å²) in [5, 5.41) is 8.59. The molecule has 7 aromatic carbocycles. The van der Waals surface area contributed by atoms with Crippen LogP contribution in [0, 0.1) is 0 Å². The molecule has 0 saturated heterocycles. The van der Waals surface area contributed by atoms with E-state index in [1.165, 1.54) is 48.5 Å². The first-order valence-corrected chi connectivity index (χ1v) is 20.9. The van der Waals surface area contributed by atoms with Crippen LogP contribution in [0.3, 0.4) is 0 Å². The fourth-order valence-corrected chi connectivity index (χ4v) is 15.4. The fraction of sp³-hybridized carbons (Fsp3) is 0.0455. The summed E-state index contributed by atoms with van der Waals surface area (Å²) < 4.78 is 0.